The van der Waals surface area contributed by atoms with Crippen molar-refractivity contribution in [2.24, 2.45) is 21.5 Å². The molecule has 0 spiro atoms. The number of nitrogens with two attached hydrogens (primary N) is 2. The summed E-state index contributed by atoms with van der Waals surface area (Å²) in [5, 5.41) is 0. The van der Waals surface area contributed by atoms with Crippen molar-refractivity contribution < 1.29 is 9.47 Å². The summed E-state index contributed by atoms with van der Waals surface area (Å²) in [7, 11) is 6.57. The molecular formula is C18H26Cl2N4O2. The van der Waals surface area contributed by atoms with Crippen molar-refractivity contribution >= 4 is 36.5 Å². The third-order valence-electron chi connectivity index (χ3n) is 3.21. The van der Waals surface area contributed by atoms with Crippen LogP contribution in [0, 0.1) is 0 Å². The number of methoxy groups -OCH3 is 2. The largest absolute Gasteiger partial charge is 0.497 e. The Labute approximate surface area is 167 Å². The van der Waals surface area contributed by atoms with Gasteiger partial charge in [-0.1, -0.05) is 24.3 Å². The monoisotopic (exact) mass is 400 g/mol. The van der Waals surface area contributed by atoms with Crippen molar-refractivity contribution in [3.63, 3.8) is 0 Å². The number of hydrogen-bond donors (Lipinski definition) is 2. The van der Waals surface area contributed by atoms with E-state index in [0.717, 1.165) is 22.6 Å². The molecule has 2 rings (SSSR count). The Bertz CT molecular complexity index is 660. The first-order valence-electron chi connectivity index (χ1n) is 7.29. The molecule has 0 atom stereocenters. The molecule has 6 nitrogen and oxygen atoms in total. The summed E-state index contributed by atoms with van der Waals surface area (Å²) in [5.74, 6) is 2.63. The first kappa shape index (κ1) is 25.8. The highest BCUT2D eigenvalue weighted by molar-refractivity contribution is 5.98. The maximum absolute atomic E-state index is 5.61. The SMILES string of the molecule is CN=C(N)c1cccc(OC)c1.CN=C(N)c1cccc(OC)c1.Cl.Cl. The molecule has 0 saturated heterocycles. The molecule has 26 heavy (non-hydrogen) atoms. The number of amidine groups is 2. The van der Waals surface area contributed by atoms with Crippen LogP contribution in [0.15, 0.2) is 58.5 Å². The van der Waals surface area contributed by atoms with E-state index in [4.69, 9.17) is 20.9 Å². The highest BCUT2D eigenvalue weighted by Crippen LogP contribution is 2.12. The van der Waals surface area contributed by atoms with Gasteiger partial charge in [-0.2, -0.15) is 0 Å². The van der Waals surface area contributed by atoms with Gasteiger partial charge in [0.15, 0.2) is 0 Å². The van der Waals surface area contributed by atoms with E-state index in [1.54, 1.807) is 28.3 Å². The highest BCUT2D eigenvalue weighted by atomic mass is 35.5. The minimum Gasteiger partial charge on any atom is -0.497 e. The van der Waals surface area contributed by atoms with Crippen LogP contribution in [0.2, 0.25) is 0 Å². The van der Waals surface area contributed by atoms with Gasteiger partial charge in [0, 0.05) is 25.2 Å². The first-order chi connectivity index (χ1) is 11.5. The molecule has 4 N–H and O–H groups in total. The minimum absolute atomic E-state index is 0. The van der Waals surface area contributed by atoms with Crippen LogP contribution in [-0.4, -0.2) is 40.0 Å². The molecule has 0 fully saturated rings. The molecule has 0 radical (unpaired) electrons. The molecule has 144 valence electrons. The molecule has 0 unspecified atom stereocenters. The lowest BCUT2D eigenvalue weighted by molar-refractivity contribution is 0.414. The van der Waals surface area contributed by atoms with Gasteiger partial charge < -0.3 is 20.9 Å². The second-order valence-electron chi connectivity index (χ2n) is 4.68. The minimum atomic E-state index is 0. The fourth-order valence-corrected chi connectivity index (χ4v) is 1.82. The van der Waals surface area contributed by atoms with E-state index in [1.807, 2.05) is 48.5 Å². The fourth-order valence-electron chi connectivity index (χ4n) is 1.82. The molecule has 0 heterocycles. The van der Waals surface area contributed by atoms with Crippen LogP contribution in [-0.2, 0) is 0 Å². The van der Waals surface area contributed by atoms with E-state index in [-0.39, 0.29) is 24.8 Å². The smallest absolute Gasteiger partial charge is 0.125 e. The van der Waals surface area contributed by atoms with E-state index in [2.05, 4.69) is 9.98 Å². The molecule has 0 aliphatic heterocycles. The number of benzene rings is 2. The Hall–Kier alpha value is -2.44. The van der Waals surface area contributed by atoms with Gasteiger partial charge in [-0.25, -0.2) is 0 Å². The maximum Gasteiger partial charge on any atom is 0.125 e. The Morgan fingerprint density at radius 3 is 1.35 bits per heavy atom. The van der Waals surface area contributed by atoms with Gasteiger partial charge in [0.05, 0.1) is 14.2 Å². The van der Waals surface area contributed by atoms with Crippen LogP contribution in [0.4, 0.5) is 0 Å². The van der Waals surface area contributed by atoms with Gasteiger partial charge >= 0.3 is 0 Å². The van der Waals surface area contributed by atoms with Crippen LogP contribution in [0.5, 0.6) is 11.5 Å². The van der Waals surface area contributed by atoms with Crippen molar-refractivity contribution in [1.82, 2.24) is 0 Å². The molecule has 2 aromatic rings. The molecule has 0 aliphatic rings. The average molecular weight is 401 g/mol. The third-order valence-corrected chi connectivity index (χ3v) is 3.21. The number of ether oxygens (including phenoxy) is 2. The van der Waals surface area contributed by atoms with Crippen LogP contribution >= 0.6 is 24.8 Å². The van der Waals surface area contributed by atoms with Crippen molar-refractivity contribution in [2.45, 2.75) is 0 Å². The number of nitrogens with zero attached hydrogens (tertiary/aromatic N) is 2. The number of hydrogen-bond acceptors (Lipinski definition) is 4. The normalized spacial score (nSPS) is 10.5. The van der Waals surface area contributed by atoms with Gasteiger partial charge in [0.1, 0.15) is 23.2 Å². The standard InChI is InChI=1S/2C9H12N2O.2ClH/c2*1-11-9(10)7-4-3-5-8(6-7)12-2;;/h2*3-6H,1-2H3,(H2,10,11);2*1H. The summed E-state index contributed by atoms with van der Waals surface area (Å²) in [5.41, 5.74) is 13.0. The van der Waals surface area contributed by atoms with Crippen LogP contribution < -0.4 is 20.9 Å². The molecular weight excluding hydrogens is 375 g/mol. The Morgan fingerprint density at radius 2 is 1.08 bits per heavy atom. The van der Waals surface area contributed by atoms with E-state index < -0.39 is 0 Å². The molecule has 2 aromatic carbocycles. The second-order valence-corrected chi connectivity index (χ2v) is 4.68. The Balaban J connectivity index is 0. The topological polar surface area (TPSA) is 95.2 Å². The van der Waals surface area contributed by atoms with E-state index >= 15 is 0 Å². The van der Waals surface area contributed by atoms with E-state index in [1.165, 1.54) is 0 Å². The molecule has 0 aliphatic carbocycles. The van der Waals surface area contributed by atoms with Crippen molar-refractivity contribution in [2.75, 3.05) is 28.3 Å². The summed E-state index contributed by atoms with van der Waals surface area (Å²) < 4.78 is 10.1. The zero-order valence-electron chi connectivity index (χ0n) is 15.3. The lowest BCUT2D eigenvalue weighted by Gasteiger charge is -2.02. The van der Waals surface area contributed by atoms with Crippen LogP contribution in [0.25, 0.3) is 0 Å². The summed E-state index contributed by atoms with van der Waals surface area (Å²) in [6.07, 6.45) is 0. The lowest BCUT2D eigenvalue weighted by Crippen LogP contribution is -2.12. The van der Waals surface area contributed by atoms with E-state index in [9.17, 15) is 0 Å². The highest BCUT2D eigenvalue weighted by Gasteiger charge is 1.98. The van der Waals surface area contributed by atoms with Crippen LogP contribution in [0.3, 0.4) is 0 Å². The zero-order chi connectivity index (χ0) is 17.9. The summed E-state index contributed by atoms with van der Waals surface area (Å²) in [6, 6.07) is 15.0. The number of halogens is 2. The molecule has 0 amide bonds. The fraction of sp³-hybridized carbons (Fsp3) is 0.222. The lowest BCUT2D eigenvalue weighted by atomic mass is 10.2. The Kier molecular flexibility index (Phi) is 13.7. The molecule has 0 saturated carbocycles. The van der Waals surface area contributed by atoms with Crippen molar-refractivity contribution in [1.29, 1.82) is 0 Å². The van der Waals surface area contributed by atoms with E-state index in [0.29, 0.717) is 11.7 Å². The summed E-state index contributed by atoms with van der Waals surface area (Å²) >= 11 is 0. The Morgan fingerprint density at radius 1 is 0.731 bits per heavy atom. The summed E-state index contributed by atoms with van der Waals surface area (Å²) in [6.45, 7) is 0. The maximum atomic E-state index is 5.61. The van der Waals surface area contributed by atoms with Crippen molar-refractivity contribution in [3.05, 3.63) is 59.7 Å². The zero-order valence-corrected chi connectivity index (χ0v) is 16.9. The number of rotatable bonds is 4. The number of aliphatic imine (C=N–C) groups is 2. The first-order valence-corrected chi connectivity index (χ1v) is 7.29. The molecule has 0 bridgehead atoms. The van der Waals surface area contributed by atoms with Gasteiger partial charge in [-0.3, -0.25) is 9.98 Å². The summed E-state index contributed by atoms with van der Waals surface area (Å²) in [4.78, 5) is 7.75. The second kappa shape index (κ2) is 13.8. The molecule has 8 heteroatoms. The van der Waals surface area contributed by atoms with Gasteiger partial charge in [-0.15, -0.1) is 24.8 Å². The van der Waals surface area contributed by atoms with Gasteiger partial charge in [0.2, 0.25) is 0 Å². The van der Waals surface area contributed by atoms with Crippen LogP contribution in [0.1, 0.15) is 11.1 Å². The predicted molar refractivity (Wildman–Crippen MR) is 114 cm³/mol. The van der Waals surface area contributed by atoms with Gasteiger partial charge in [-0.05, 0) is 24.3 Å². The molecule has 0 aromatic heterocycles. The quantitative estimate of drug-likeness (QED) is 0.608. The van der Waals surface area contributed by atoms with Crippen molar-refractivity contribution in [3.8, 4) is 11.5 Å². The predicted octanol–water partition coefficient (Wildman–Crippen LogP) is 2.90. The van der Waals surface area contributed by atoms with Gasteiger partial charge in [0.25, 0.3) is 0 Å². The third kappa shape index (κ3) is 8.09. The average Bonchev–Trinajstić information content (AvgIpc) is 2.67.